The normalized spacial score (nSPS) is 12.1. The molecule has 8 nitrogen and oxygen atoms in total. The van der Waals surface area contributed by atoms with E-state index in [0.29, 0.717) is 22.0 Å². The Morgan fingerprint density at radius 1 is 1.23 bits per heavy atom. The molecule has 158 valence electrons. The molecule has 0 fully saturated rings. The molecule has 4 aromatic rings. The maximum absolute atomic E-state index is 13.3. The topological polar surface area (TPSA) is 107 Å². The minimum absolute atomic E-state index is 0.0467. The van der Waals surface area contributed by atoms with Crippen molar-refractivity contribution < 1.29 is 19.2 Å². The number of rotatable bonds is 5. The summed E-state index contributed by atoms with van der Waals surface area (Å²) < 4.78 is 12.2. The van der Waals surface area contributed by atoms with Gasteiger partial charge in [-0.3, -0.25) is 4.79 Å². The molecule has 0 saturated carbocycles. The Hall–Kier alpha value is -3.65. The SMILES string of the molecule is COc1ccc(C(=O)O)cc1-c1nn(C(C)c2ccc(Cl)cc2)c(=O)c2c(C)noc12. The molecule has 1 unspecified atom stereocenters. The summed E-state index contributed by atoms with van der Waals surface area (Å²) in [6.45, 7) is 3.50. The average molecular weight is 440 g/mol. The number of ether oxygens (including phenoxy) is 1. The van der Waals surface area contributed by atoms with Crippen LogP contribution in [0, 0.1) is 6.92 Å². The summed E-state index contributed by atoms with van der Waals surface area (Å²) in [4.78, 5) is 24.8. The summed E-state index contributed by atoms with van der Waals surface area (Å²) in [6, 6.07) is 11.1. The van der Waals surface area contributed by atoms with E-state index in [4.69, 9.17) is 20.9 Å². The maximum atomic E-state index is 13.3. The Morgan fingerprint density at radius 2 is 1.94 bits per heavy atom. The summed E-state index contributed by atoms with van der Waals surface area (Å²) in [5.41, 5.74) is 1.72. The van der Waals surface area contributed by atoms with Crippen molar-refractivity contribution in [1.82, 2.24) is 14.9 Å². The van der Waals surface area contributed by atoms with Crippen LogP contribution in [-0.4, -0.2) is 33.1 Å². The van der Waals surface area contributed by atoms with Crippen molar-refractivity contribution >= 4 is 28.5 Å². The fourth-order valence-corrected chi connectivity index (χ4v) is 3.57. The molecule has 0 aliphatic carbocycles. The van der Waals surface area contributed by atoms with Crippen molar-refractivity contribution in [2.24, 2.45) is 0 Å². The van der Waals surface area contributed by atoms with Gasteiger partial charge in [0, 0.05) is 10.6 Å². The first-order valence-electron chi connectivity index (χ1n) is 9.37. The third kappa shape index (κ3) is 3.55. The molecule has 2 aromatic carbocycles. The smallest absolute Gasteiger partial charge is 0.335 e. The van der Waals surface area contributed by atoms with Crippen LogP contribution in [0.3, 0.4) is 0 Å². The molecule has 2 heterocycles. The number of carboxylic acid groups (broad SMARTS) is 1. The van der Waals surface area contributed by atoms with Gasteiger partial charge < -0.3 is 14.4 Å². The lowest BCUT2D eigenvalue weighted by Gasteiger charge is -2.17. The summed E-state index contributed by atoms with van der Waals surface area (Å²) in [6.07, 6.45) is 0. The third-order valence-corrected chi connectivity index (χ3v) is 5.38. The quantitative estimate of drug-likeness (QED) is 0.493. The van der Waals surface area contributed by atoms with E-state index in [1.54, 1.807) is 19.1 Å². The van der Waals surface area contributed by atoms with Gasteiger partial charge >= 0.3 is 5.97 Å². The molecule has 31 heavy (non-hydrogen) atoms. The van der Waals surface area contributed by atoms with E-state index in [2.05, 4.69) is 10.3 Å². The highest BCUT2D eigenvalue weighted by molar-refractivity contribution is 6.30. The van der Waals surface area contributed by atoms with Crippen LogP contribution in [0.2, 0.25) is 5.02 Å². The van der Waals surface area contributed by atoms with Crippen molar-refractivity contribution in [3.05, 3.63) is 74.7 Å². The zero-order chi connectivity index (χ0) is 22.3. The van der Waals surface area contributed by atoms with Crippen LogP contribution in [-0.2, 0) is 0 Å². The molecule has 4 rings (SSSR count). The van der Waals surface area contributed by atoms with Gasteiger partial charge in [0.25, 0.3) is 5.56 Å². The number of halogens is 1. The Bertz CT molecular complexity index is 1360. The number of aromatic nitrogens is 3. The number of methoxy groups -OCH3 is 1. The fourth-order valence-electron chi connectivity index (χ4n) is 3.44. The summed E-state index contributed by atoms with van der Waals surface area (Å²) >= 11 is 5.99. The van der Waals surface area contributed by atoms with Gasteiger partial charge in [0.2, 0.25) is 5.58 Å². The second-order valence-corrected chi connectivity index (χ2v) is 7.45. The van der Waals surface area contributed by atoms with Gasteiger partial charge in [-0.05, 0) is 49.7 Å². The monoisotopic (exact) mass is 439 g/mol. The van der Waals surface area contributed by atoms with Crippen LogP contribution < -0.4 is 10.3 Å². The second kappa shape index (κ2) is 7.88. The number of hydrogen-bond donors (Lipinski definition) is 1. The maximum Gasteiger partial charge on any atom is 0.335 e. The predicted octanol–water partition coefficient (Wildman–Crippen LogP) is 4.33. The molecular formula is C22H18ClN3O5. The highest BCUT2D eigenvalue weighted by Gasteiger charge is 2.24. The lowest BCUT2D eigenvalue weighted by atomic mass is 10.0. The average Bonchev–Trinajstić information content (AvgIpc) is 3.16. The summed E-state index contributed by atoms with van der Waals surface area (Å²) in [5.74, 6) is -0.714. The molecule has 0 saturated heterocycles. The number of nitrogens with zero attached hydrogens (tertiary/aromatic N) is 3. The van der Waals surface area contributed by atoms with E-state index >= 15 is 0 Å². The van der Waals surface area contributed by atoms with Crippen LogP contribution in [0.15, 0.2) is 51.8 Å². The predicted molar refractivity (Wildman–Crippen MR) is 115 cm³/mol. The van der Waals surface area contributed by atoms with E-state index in [1.165, 1.54) is 30.0 Å². The van der Waals surface area contributed by atoms with Gasteiger partial charge in [-0.25, -0.2) is 9.48 Å². The van der Waals surface area contributed by atoms with Crippen LogP contribution >= 0.6 is 11.6 Å². The minimum Gasteiger partial charge on any atom is -0.496 e. The number of carboxylic acids is 1. The largest absolute Gasteiger partial charge is 0.496 e. The van der Waals surface area contributed by atoms with E-state index in [-0.39, 0.29) is 27.8 Å². The number of carbonyl (C=O) groups is 1. The molecule has 0 spiro atoms. The molecule has 1 N–H and O–H groups in total. The first kappa shape index (κ1) is 20.6. The Morgan fingerprint density at radius 3 is 2.58 bits per heavy atom. The number of fused-ring (bicyclic) bond motifs is 1. The van der Waals surface area contributed by atoms with Crippen molar-refractivity contribution in [3.8, 4) is 17.0 Å². The molecule has 0 radical (unpaired) electrons. The van der Waals surface area contributed by atoms with Crippen molar-refractivity contribution in [2.75, 3.05) is 7.11 Å². The van der Waals surface area contributed by atoms with Crippen LogP contribution in [0.1, 0.15) is 34.6 Å². The van der Waals surface area contributed by atoms with Crippen molar-refractivity contribution in [3.63, 3.8) is 0 Å². The van der Waals surface area contributed by atoms with Gasteiger partial charge in [0.05, 0.1) is 24.4 Å². The van der Waals surface area contributed by atoms with Crippen molar-refractivity contribution in [2.45, 2.75) is 19.9 Å². The van der Waals surface area contributed by atoms with Gasteiger partial charge in [0.1, 0.15) is 16.8 Å². The standard InChI is InChI=1S/C22H18ClN3O5/c1-11-18-20(31-25-11)19(16-10-14(22(28)29)6-9-17(16)30-3)24-26(21(18)27)12(2)13-4-7-15(23)8-5-13/h4-10,12H,1-3H3,(H,28,29). The molecule has 2 aromatic heterocycles. The highest BCUT2D eigenvalue weighted by Crippen LogP contribution is 2.34. The number of hydrogen-bond acceptors (Lipinski definition) is 6. The lowest BCUT2D eigenvalue weighted by molar-refractivity contribution is 0.0697. The molecule has 1 atom stereocenters. The van der Waals surface area contributed by atoms with E-state index in [0.717, 1.165) is 5.56 Å². The molecule has 0 amide bonds. The highest BCUT2D eigenvalue weighted by atomic mass is 35.5. The van der Waals surface area contributed by atoms with Crippen molar-refractivity contribution in [1.29, 1.82) is 0 Å². The Kier molecular flexibility index (Phi) is 5.24. The van der Waals surface area contributed by atoms with Gasteiger partial charge in [-0.2, -0.15) is 5.10 Å². The van der Waals surface area contributed by atoms with Crippen LogP contribution in [0.4, 0.5) is 0 Å². The van der Waals surface area contributed by atoms with Gasteiger partial charge in [-0.1, -0.05) is 28.9 Å². The fraction of sp³-hybridized carbons (Fsp3) is 0.182. The summed E-state index contributed by atoms with van der Waals surface area (Å²) in [7, 11) is 1.47. The van der Waals surface area contributed by atoms with E-state index < -0.39 is 12.0 Å². The van der Waals surface area contributed by atoms with E-state index in [9.17, 15) is 14.7 Å². The zero-order valence-electron chi connectivity index (χ0n) is 16.9. The van der Waals surface area contributed by atoms with Crippen LogP contribution in [0.5, 0.6) is 5.75 Å². The summed E-state index contributed by atoms with van der Waals surface area (Å²) in [5, 5.41) is 18.8. The van der Waals surface area contributed by atoms with Gasteiger partial charge in [0.15, 0.2) is 0 Å². The minimum atomic E-state index is -1.10. The Balaban J connectivity index is 2.02. The first-order valence-corrected chi connectivity index (χ1v) is 9.75. The molecule has 0 aliphatic rings. The molecular weight excluding hydrogens is 422 g/mol. The zero-order valence-corrected chi connectivity index (χ0v) is 17.7. The second-order valence-electron chi connectivity index (χ2n) is 7.02. The third-order valence-electron chi connectivity index (χ3n) is 5.13. The first-order chi connectivity index (χ1) is 14.8. The number of benzene rings is 2. The Labute approximate surface area is 181 Å². The molecule has 0 bridgehead atoms. The van der Waals surface area contributed by atoms with Crippen LogP contribution in [0.25, 0.3) is 22.2 Å². The number of aryl methyl sites for hydroxylation is 1. The molecule has 0 aliphatic heterocycles. The molecule has 9 heteroatoms. The lowest BCUT2D eigenvalue weighted by Crippen LogP contribution is -2.27. The van der Waals surface area contributed by atoms with Gasteiger partial charge in [-0.15, -0.1) is 0 Å². The number of aromatic carboxylic acids is 1. The van der Waals surface area contributed by atoms with E-state index in [1.807, 2.05) is 19.1 Å².